The molecule has 7 nitrogen and oxygen atoms in total. The van der Waals surface area contributed by atoms with Crippen LogP contribution in [0, 0.1) is 6.92 Å². The number of H-pyrrole nitrogens is 1. The number of aryl methyl sites for hydroxylation is 1. The fourth-order valence-electron chi connectivity index (χ4n) is 4.03. The van der Waals surface area contributed by atoms with Gasteiger partial charge in [-0.1, -0.05) is 12.1 Å². The van der Waals surface area contributed by atoms with Gasteiger partial charge >= 0.3 is 5.69 Å². The summed E-state index contributed by atoms with van der Waals surface area (Å²) in [5, 5.41) is 9.77. The Kier molecular flexibility index (Phi) is 6.25. The second-order valence-corrected chi connectivity index (χ2v) is 8.23. The van der Waals surface area contributed by atoms with Crippen molar-refractivity contribution in [2.24, 2.45) is 0 Å². The zero-order chi connectivity index (χ0) is 22.7. The van der Waals surface area contributed by atoms with Gasteiger partial charge in [-0.3, -0.25) is 4.79 Å². The molecule has 1 atom stereocenters. The SMILES string of the molecule is Cc1cc(-c2cc(-c3cccc(OCC(=O)N4CCCCC4C)c3)[nH]c(=O)n2)ccc1O. The van der Waals surface area contributed by atoms with Crippen LogP contribution in [0.1, 0.15) is 31.7 Å². The van der Waals surface area contributed by atoms with Crippen molar-refractivity contribution in [1.29, 1.82) is 0 Å². The van der Waals surface area contributed by atoms with Crippen LogP contribution in [-0.4, -0.2) is 45.1 Å². The average molecular weight is 434 g/mol. The predicted octanol–water partition coefficient (Wildman–Crippen LogP) is 3.90. The fraction of sp³-hybridized carbons (Fsp3) is 0.320. The zero-order valence-electron chi connectivity index (χ0n) is 18.3. The lowest BCUT2D eigenvalue weighted by Crippen LogP contribution is -2.44. The van der Waals surface area contributed by atoms with Gasteiger partial charge in [-0.15, -0.1) is 0 Å². The summed E-state index contributed by atoms with van der Waals surface area (Å²) in [4.78, 5) is 33.5. The molecule has 1 amide bonds. The quantitative estimate of drug-likeness (QED) is 0.636. The Morgan fingerprint density at radius 3 is 2.81 bits per heavy atom. The molecule has 7 heteroatoms. The summed E-state index contributed by atoms with van der Waals surface area (Å²) in [6.07, 6.45) is 3.22. The number of hydrogen-bond acceptors (Lipinski definition) is 5. The van der Waals surface area contributed by atoms with Crippen molar-refractivity contribution < 1.29 is 14.6 Å². The number of amides is 1. The highest BCUT2D eigenvalue weighted by molar-refractivity contribution is 5.78. The first-order valence-corrected chi connectivity index (χ1v) is 10.8. The molecule has 0 bridgehead atoms. The molecule has 1 saturated heterocycles. The van der Waals surface area contributed by atoms with Gasteiger partial charge in [0, 0.05) is 23.7 Å². The van der Waals surface area contributed by atoms with Crippen LogP contribution in [0.3, 0.4) is 0 Å². The van der Waals surface area contributed by atoms with E-state index in [0.29, 0.717) is 22.7 Å². The van der Waals surface area contributed by atoms with Crippen LogP contribution in [0.5, 0.6) is 11.5 Å². The predicted molar refractivity (Wildman–Crippen MR) is 123 cm³/mol. The monoisotopic (exact) mass is 433 g/mol. The molecule has 3 aromatic rings. The molecule has 1 aliphatic rings. The van der Waals surface area contributed by atoms with E-state index in [-0.39, 0.29) is 24.3 Å². The third-order valence-corrected chi connectivity index (χ3v) is 5.87. The van der Waals surface area contributed by atoms with Crippen molar-refractivity contribution in [2.75, 3.05) is 13.2 Å². The number of ether oxygens (including phenoxy) is 1. The number of phenolic OH excluding ortho intramolecular Hbond substituents is 1. The van der Waals surface area contributed by atoms with Crippen LogP contribution in [0.15, 0.2) is 53.3 Å². The van der Waals surface area contributed by atoms with E-state index in [2.05, 4.69) is 16.9 Å². The number of carbonyl (C=O) groups excluding carboxylic acids is 1. The smallest absolute Gasteiger partial charge is 0.345 e. The second kappa shape index (κ2) is 9.26. The number of nitrogens with one attached hydrogen (secondary N) is 1. The van der Waals surface area contributed by atoms with Crippen molar-refractivity contribution in [3.63, 3.8) is 0 Å². The second-order valence-electron chi connectivity index (χ2n) is 8.23. The number of carbonyl (C=O) groups is 1. The molecule has 32 heavy (non-hydrogen) atoms. The standard InChI is InChI=1S/C25H27N3O4/c1-16-12-19(9-10-23(16)29)22-14-21(26-25(31)27-22)18-7-5-8-20(13-18)32-15-24(30)28-11-4-3-6-17(28)2/h5,7-10,12-14,17,29H,3-4,6,11,15H2,1-2H3,(H,26,27,31). The van der Waals surface area contributed by atoms with E-state index in [1.54, 1.807) is 43.3 Å². The Labute approximate surface area is 186 Å². The normalized spacial score (nSPS) is 16.1. The van der Waals surface area contributed by atoms with Crippen molar-refractivity contribution in [2.45, 2.75) is 39.2 Å². The summed E-state index contributed by atoms with van der Waals surface area (Å²) >= 11 is 0. The van der Waals surface area contributed by atoms with E-state index >= 15 is 0 Å². The molecule has 2 aromatic carbocycles. The van der Waals surface area contributed by atoms with Crippen LogP contribution >= 0.6 is 0 Å². The maximum atomic E-state index is 12.6. The molecule has 4 rings (SSSR count). The van der Waals surface area contributed by atoms with Gasteiger partial charge in [-0.05, 0) is 75.1 Å². The van der Waals surface area contributed by atoms with Crippen LogP contribution in [0.4, 0.5) is 0 Å². The number of hydrogen-bond donors (Lipinski definition) is 2. The van der Waals surface area contributed by atoms with Crippen LogP contribution < -0.4 is 10.4 Å². The highest BCUT2D eigenvalue weighted by atomic mass is 16.5. The average Bonchev–Trinajstić information content (AvgIpc) is 2.79. The molecular formula is C25H27N3O4. The molecule has 0 aliphatic carbocycles. The minimum Gasteiger partial charge on any atom is -0.508 e. The summed E-state index contributed by atoms with van der Waals surface area (Å²) in [6, 6.07) is 14.4. The number of nitrogens with zero attached hydrogens (tertiary/aromatic N) is 2. The third kappa shape index (κ3) is 4.82. The largest absolute Gasteiger partial charge is 0.508 e. The Morgan fingerprint density at radius 2 is 2.03 bits per heavy atom. The van der Waals surface area contributed by atoms with Crippen molar-refractivity contribution in [3.05, 3.63) is 64.6 Å². The van der Waals surface area contributed by atoms with Crippen LogP contribution in [0.2, 0.25) is 0 Å². The van der Waals surface area contributed by atoms with Crippen LogP contribution in [0.25, 0.3) is 22.5 Å². The maximum Gasteiger partial charge on any atom is 0.345 e. The molecule has 166 valence electrons. The number of aromatic nitrogens is 2. The number of aromatic amines is 1. The highest BCUT2D eigenvalue weighted by Crippen LogP contribution is 2.27. The number of rotatable bonds is 5. The molecular weight excluding hydrogens is 406 g/mol. The first-order valence-electron chi connectivity index (χ1n) is 10.8. The lowest BCUT2D eigenvalue weighted by molar-refractivity contribution is -0.136. The zero-order valence-corrected chi connectivity index (χ0v) is 18.3. The minimum atomic E-state index is -0.469. The number of phenols is 1. The van der Waals surface area contributed by atoms with E-state index < -0.39 is 5.69 Å². The number of likely N-dealkylation sites (tertiary alicyclic amines) is 1. The molecule has 1 unspecified atom stereocenters. The van der Waals surface area contributed by atoms with E-state index in [1.165, 1.54) is 0 Å². The highest BCUT2D eigenvalue weighted by Gasteiger charge is 2.23. The molecule has 1 aromatic heterocycles. The minimum absolute atomic E-state index is 0.00934. The van der Waals surface area contributed by atoms with E-state index in [1.807, 2.05) is 17.0 Å². The van der Waals surface area contributed by atoms with Gasteiger partial charge in [0.05, 0.1) is 11.4 Å². The Bertz CT molecular complexity index is 1190. The first-order chi connectivity index (χ1) is 15.4. The molecule has 0 spiro atoms. The molecule has 1 fully saturated rings. The summed E-state index contributed by atoms with van der Waals surface area (Å²) in [6.45, 7) is 4.63. The van der Waals surface area contributed by atoms with E-state index in [0.717, 1.165) is 36.9 Å². The van der Waals surface area contributed by atoms with Gasteiger partial charge < -0.3 is 19.7 Å². The number of aromatic hydroxyl groups is 1. The lowest BCUT2D eigenvalue weighted by atomic mass is 10.0. The summed E-state index contributed by atoms with van der Waals surface area (Å²) < 4.78 is 5.78. The van der Waals surface area contributed by atoms with Crippen molar-refractivity contribution >= 4 is 5.91 Å². The maximum absolute atomic E-state index is 12.6. The molecule has 0 radical (unpaired) electrons. The van der Waals surface area contributed by atoms with Gasteiger partial charge in [0.2, 0.25) is 0 Å². The topological polar surface area (TPSA) is 95.5 Å². The molecule has 2 N–H and O–H groups in total. The third-order valence-electron chi connectivity index (χ3n) is 5.87. The van der Waals surface area contributed by atoms with E-state index in [4.69, 9.17) is 4.74 Å². The number of piperidine rings is 1. The van der Waals surface area contributed by atoms with Gasteiger partial charge in [-0.25, -0.2) is 4.79 Å². The van der Waals surface area contributed by atoms with Gasteiger partial charge in [0.25, 0.3) is 5.91 Å². The van der Waals surface area contributed by atoms with Gasteiger partial charge in [0.15, 0.2) is 6.61 Å². The summed E-state index contributed by atoms with van der Waals surface area (Å²) in [5.41, 5.74) is 2.82. The first kappa shape index (κ1) is 21.6. The lowest BCUT2D eigenvalue weighted by Gasteiger charge is -2.33. The van der Waals surface area contributed by atoms with E-state index in [9.17, 15) is 14.7 Å². The fourth-order valence-corrected chi connectivity index (χ4v) is 4.03. The molecule has 0 saturated carbocycles. The number of benzene rings is 2. The summed E-state index contributed by atoms with van der Waals surface area (Å²) in [5.74, 6) is 0.738. The Morgan fingerprint density at radius 1 is 1.19 bits per heavy atom. The van der Waals surface area contributed by atoms with Crippen LogP contribution in [-0.2, 0) is 4.79 Å². The molecule has 1 aliphatic heterocycles. The van der Waals surface area contributed by atoms with Crippen molar-refractivity contribution in [1.82, 2.24) is 14.9 Å². The van der Waals surface area contributed by atoms with Gasteiger partial charge in [-0.2, -0.15) is 4.98 Å². The Hall–Kier alpha value is -3.61. The Balaban J connectivity index is 1.54. The van der Waals surface area contributed by atoms with Gasteiger partial charge in [0.1, 0.15) is 11.5 Å². The summed E-state index contributed by atoms with van der Waals surface area (Å²) in [7, 11) is 0. The molecule has 2 heterocycles. The van der Waals surface area contributed by atoms with Crippen molar-refractivity contribution in [3.8, 4) is 34.0 Å².